The van der Waals surface area contributed by atoms with Gasteiger partial charge in [0.1, 0.15) is 0 Å². The number of rotatable bonds is 4. The van der Waals surface area contributed by atoms with Crippen LogP contribution in [0.25, 0.3) is 0 Å². The summed E-state index contributed by atoms with van der Waals surface area (Å²) < 4.78 is 28.2. The van der Waals surface area contributed by atoms with Gasteiger partial charge in [0.25, 0.3) is 0 Å². The minimum Gasteiger partial charge on any atom is -0.464 e. The Morgan fingerprint density at radius 1 is 1.42 bits per heavy atom. The molecule has 2 heterocycles. The van der Waals surface area contributed by atoms with Gasteiger partial charge in [0.15, 0.2) is 9.84 Å². The van der Waals surface area contributed by atoms with E-state index >= 15 is 0 Å². The molecule has 1 atom stereocenters. The molecule has 1 unspecified atom stereocenters. The van der Waals surface area contributed by atoms with Gasteiger partial charge in [-0.05, 0) is 31.4 Å². The maximum Gasteiger partial charge on any atom is 0.322 e. The third-order valence-corrected chi connectivity index (χ3v) is 4.65. The van der Waals surface area contributed by atoms with E-state index in [1.54, 1.807) is 6.92 Å². The predicted molar refractivity (Wildman–Crippen MR) is 71.3 cm³/mol. The molecule has 1 aromatic heterocycles. The Kier molecular flexibility index (Phi) is 4.41. The fourth-order valence-corrected chi connectivity index (χ4v) is 3.70. The normalized spacial score (nSPS) is 21.9. The van der Waals surface area contributed by atoms with Gasteiger partial charge in [0.05, 0.1) is 18.1 Å². The summed E-state index contributed by atoms with van der Waals surface area (Å²) >= 11 is 5.76. The van der Waals surface area contributed by atoms with E-state index in [1.807, 2.05) is 0 Å². The fourth-order valence-electron chi connectivity index (χ4n) is 1.91. The molecule has 1 saturated heterocycles. The van der Waals surface area contributed by atoms with E-state index in [0.717, 1.165) is 6.42 Å². The molecule has 1 aliphatic heterocycles. The number of nitrogens with zero attached hydrogens (tertiary/aromatic N) is 3. The SMILES string of the molecule is CCOc1nc(Cl)nc(NC2CCCS(=O)(=O)C2)n1. The summed E-state index contributed by atoms with van der Waals surface area (Å²) in [6, 6.07) is -0.0737. The van der Waals surface area contributed by atoms with Crippen molar-refractivity contribution in [3.05, 3.63) is 5.28 Å². The van der Waals surface area contributed by atoms with Crippen molar-refractivity contribution >= 4 is 27.4 Å². The van der Waals surface area contributed by atoms with Crippen molar-refractivity contribution in [3.63, 3.8) is 0 Å². The Balaban J connectivity index is 2.10. The Morgan fingerprint density at radius 3 is 2.89 bits per heavy atom. The molecule has 2 rings (SSSR count). The average molecular weight is 307 g/mol. The number of hydrogen-bond acceptors (Lipinski definition) is 7. The van der Waals surface area contributed by atoms with E-state index < -0.39 is 9.84 Å². The molecule has 0 amide bonds. The van der Waals surface area contributed by atoms with E-state index in [2.05, 4.69) is 20.3 Å². The number of hydrogen-bond donors (Lipinski definition) is 1. The molecule has 0 radical (unpaired) electrons. The molecule has 1 aliphatic rings. The van der Waals surface area contributed by atoms with Crippen molar-refractivity contribution in [3.8, 4) is 6.01 Å². The average Bonchev–Trinajstić information content (AvgIpc) is 2.26. The molecule has 0 aromatic carbocycles. The third-order valence-electron chi connectivity index (χ3n) is 2.66. The summed E-state index contributed by atoms with van der Waals surface area (Å²) in [5.74, 6) is 0.568. The highest BCUT2D eigenvalue weighted by molar-refractivity contribution is 7.91. The van der Waals surface area contributed by atoms with Crippen molar-refractivity contribution in [1.82, 2.24) is 15.0 Å². The largest absolute Gasteiger partial charge is 0.464 e. The van der Waals surface area contributed by atoms with Crippen LogP contribution in [-0.2, 0) is 9.84 Å². The van der Waals surface area contributed by atoms with Gasteiger partial charge >= 0.3 is 6.01 Å². The quantitative estimate of drug-likeness (QED) is 0.883. The smallest absolute Gasteiger partial charge is 0.322 e. The Bertz CT molecular complexity index is 552. The Labute approximate surface area is 116 Å². The van der Waals surface area contributed by atoms with Crippen LogP contribution in [0.15, 0.2) is 0 Å². The molecule has 106 valence electrons. The van der Waals surface area contributed by atoms with Crippen LogP contribution in [0.5, 0.6) is 6.01 Å². The molecular formula is C10H15ClN4O3S. The van der Waals surface area contributed by atoms with Gasteiger partial charge in [-0.1, -0.05) is 0 Å². The molecule has 0 saturated carbocycles. The summed E-state index contributed by atoms with van der Waals surface area (Å²) in [5.41, 5.74) is 0. The molecule has 0 aliphatic carbocycles. The van der Waals surface area contributed by atoms with Gasteiger partial charge in [0, 0.05) is 6.04 Å². The number of nitrogens with one attached hydrogen (secondary N) is 1. The lowest BCUT2D eigenvalue weighted by molar-refractivity contribution is 0.312. The van der Waals surface area contributed by atoms with Crippen LogP contribution in [0.2, 0.25) is 5.28 Å². The van der Waals surface area contributed by atoms with Crippen molar-refractivity contribution in [1.29, 1.82) is 0 Å². The van der Waals surface area contributed by atoms with Gasteiger partial charge in [-0.25, -0.2) is 8.42 Å². The summed E-state index contributed by atoms with van der Waals surface area (Å²) in [6.45, 7) is 2.22. The van der Waals surface area contributed by atoms with E-state index in [1.165, 1.54) is 0 Å². The first-order valence-electron chi connectivity index (χ1n) is 6.00. The number of ether oxygens (including phenoxy) is 1. The summed E-state index contributed by atoms with van der Waals surface area (Å²) in [4.78, 5) is 11.8. The molecule has 1 fully saturated rings. The minimum atomic E-state index is -2.98. The molecule has 1 N–H and O–H groups in total. The molecule has 7 nitrogen and oxygen atoms in total. The zero-order valence-corrected chi connectivity index (χ0v) is 12.0. The highest BCUT2D eigenvalue weighted by Gasteiger charge is 2.25. The second kappa shape index (κ2) is 5.87. The number of halogens is 1. The van der Waals surface area contributed by atoms with Crippen LogP contribution in [0.1, 0.15) is 19.8 Å². The maximum absolute atomic E-state index is 11.5. The fraction of sp³-hybridized carbons (Fsp3) is 0.700. The van der Waals surface area contributed by atoms with E-state index in [4.69, 9.17) is 16.3 Å². The van der Waals surface area contributed by atoms with Crippen LogP contribution in [0, 0.1) is 0 Å². The van der Waals surface area contributed by atoms with Crippen LogP contribution in [0.4, 0.5) is 5.95 Å². The molecule has 1 aromatic rings. The second-order valence-electron chi connectivity index (χ2n) is 4.24. The van der Waals surface area contributed by atoms with Crippen molar-refractivity contribution < 1.29 is 13.2 Å². The molecule has 0 bridgehead atoms. The van der Waals surface area contributed by atoms with Crippen LogP contribution >= 0.6 is 11.6 Å². The van der Waals surface area contributed by atoms with Gasteiger partial charge in [-0.3, -0.25) is 0 Å². The number of anilines is 1. The van der Waals surface area contributed by atoms with E-state index in [-0.39, 0.29) is 34.8 Å². The van der Waals surface area contributed by atoms with E-state index in [0.29, 0.717) is 13.0 Å². The zero-order chi connectivity index (χ0) is 13.9. The lowest BCUT2D eigenvalue weighted by Crippen LogP contribution is -2.35. The van der Waals surface area contributed by atoms with Crippen LogP contribution in [-0.4, -0.2) is 47.5 Å². The lowest BCUT2D eigenvalue weighted by atomic mass is 10.2. The highest BCUT2D eigenvalue weighted by atomic mass is 35.5. The van der Waals surface area contributed by atoms with Crippen molar-refractivity contribution in [2.45, 2.75) is 25.8 Å². The second-order valence-corrected chi connectivity index (χ2v) is 6.81. The van der Waals surface area contributed by atoms with Crippen molar-refractivity contribution in [2.75, 3.05) is 23.4 Å². The Morgan fingerprint density at radius 2 is 2.21 bits per heavy atom. The lowest BCUT2D eigenvalue weighted by Gasteiger charge is -2.22. The first-order chi connectivity index (χ1) is 8.98. The summed E-state index contributed by atoms with van der Waals surface area (Å²) in [5, 5.41) is 2.98. The summed E-state index contributed by atoms with van der Waals surface area (Å²) in [6.07, 6.45) is 1.39. The van der Waals surface area contributed by atoms with E-state index in [9.17, 15) is 8.42 Å². The molecule has 19 heavy (non-hydrogen) atoms. The monoisotopic (exact) mass is 306 g/mol. The molecular weight excluding hydrogens is 292 g/mol. The molecule has 9 heteroatoms. The Hall–Kier alpha value is -1.15. The maximum atomic E-state index is 11.5. The summed E-state index contributed by atoms with van der Waals surface area (Å²) in [7, 11) is -2.98. The number of sulfone groups is 1. The molecule has 0 spiro atoms. The van der Waals surface area contributed by atoms with Crippen LogP contribution < -0.4 is 10.1 Å². The topological polar surface area (TPSA) is 94.1 Å². The number of aromatic nitrogens is 3. The van der Waals surface area contributed by atoms with Gasteiger partial charge in [-0.15, -0.1) is 0 Å². The van der Waals surface area contributed by atoms with Gasteiger partial charge in [-0.2, -0.15) is 15.0 Å². The standard InChI is InChI=1S/C10H15ClN4O3S/c1-2-18-10-14-8(11)13-9(15-10)12-7-4-3-5-19(16,17)6-7/h7H,2-6H2,1H3,(H,12,13,14,15). The van der Waals surface area contributed by atoms with Crippen LogP contribution in [0.3, 0.4) is 0 Å². The van der Waals surface area contributed by atoms with Crippen molar-refractivity contribution in [2.24, 2.45) is 0 Å². The highest BCUT2D eigenvalue weighted by Crippen LogP contribution is 2.17. The zero-order valence-electron chi connectivity index (χ0n) is 10.5. The predicted octanol–water partition coefficient (Wildman–Crippen LogP) is 0.913. The van der Waals surface area contributed by atoms with Gasteiger partial charge < -0.3 is 10.1 Å². The minimum absolute atomic E-state index is 0.0135. The first kappa shape index (κ1) is 14.3. The first-order valence-corrected chi connectivity index (χ1v) is 8.20. The van der Waals surface area contributed by atoms with Gasteiger partial charge in [0.2, 0.25) is 11.2 Å². The third kappa shape index (κ3) is 4.17.